The van der Waals surface area contributed by atoms with Crippen molar-refractivity contribution in [2.45, 2.75) is 18.9 Å². The quantitative estimate of drug-likeness (QED) is 0.513. The topological polar surface area (TPSA) is 102 Å². The number of nitrogens with one attached hydrogen (secondary N) is 1. The van der Waals surface area contributed by atoms with E-state index in [1.54, 1.807) is 0 Å². The van der Waals surface area contributed by atoms with Crippen LogP contribution in [0.4, 0.5) is 0 Å². The summed E-state index contributed by atoms with van der Waals surface area (Å²) in [5.41, 5.74) is 0. The first-order valence-corrected chi connectivity index (χ1v) is 6.77. The van der Waals surface area contributed by atoms with Crippen molar-refractivity contribution in [1.29, 1.82) is 0 Å². The molecule has 0 radical (unpaired) electrons. The highest BCUT2D eigenvalue weighted by molar-refractivity contribution is 7.89. The molecule has 2 N–H and O–H groups in total. The maximum atomic E-state index is 11.4. The lowest BCUT2D eigenvalue weighted by Gasteiger charge is -2.10. The Morgan fingerprint density at radius 2 is 2.06 bits per heavy atom. The van der Waals surface area contributed by atoms with E-state index in [-0.39, 0.29) is 31.7 Å². The van der Waals surface area contributed by atoms with E-state index in [0.29, 0.717) is 0 Å². The van der Waals surface area contributed by atoms with Crippen LogP contribution >= 0.6 is 0 Å². The van der Waals surface area contributed by atoms with Gasteiger partial charge in [0.2, 0.25) is 10.0 Å². The monoisotopic (exact) mass is 269 g/mol. The Morgan fingerprint density at radius 1 is 1.41 bits per heavy atom. The molecule has 8 heteroatoms. The highest BCUT2D eigenvalue weighted by atomic mass is 32.2. The zero-order valence-corrected chi connectivity index (χ0v) is 10.8. The number of carbonyl (C=O) groups is 1. The molecule has 0 aliphatic rings. The van der Waals surface area contributed by atoms with E-state index in [1.165, 1.54) is 14.2 Å². The maximum Gasteiger partial charge on any atom is 0.305 e. The van der Waals surface area contributed by atoms with Gasteiger partial charge in [0.25, 0.3) is 0 Å². The first-order valence-electron chi connectivity index (χ1n) is 5.12. The number of aliphatic hydroxyl groups is 1. The Kier molecular flexibility index (Phi) is 8.05. The number of aliphatic hydroxyl groups excluding tert-OH is 1. The number of rotatable bonds is 9. The minimum Gasteiger partial charge on any atom is -0.469 e. The van der Waals surface area contributed by atoms with Crippen molar-refractivity contribution < 1.29 is 27.8 Å². The predicted molar refractivity (Wildman–Crippen MR) is 60.9 cm³/mol. The van der Waals surface area contributed by atoms with Crippen LogP contribution in [0.15, 0.2) is 0 Å². The van der Waals surface area contributed by atoms with Gasteiger partial charge in [0.15, 0.2) is 0 Å². The summed E-state index contributed by atoms with van der Waals surface area (Å²) in [5, 5.41) is 9.24. The van der Waals surface area contributed by atoms with E-state index >= 15 is 0 Å². The van der Waals surface area contributed by atoms with Crippen LogP contribution < -0.4 is 4.72 Å². The molecule has 0 heterocycles. The molecular formula is C9H19NO6S. The third-order valence-corrected chi connectivity index (χ3v) is 3.35. The van der Waals surface area contributed by atoms with E-state index in [9.17, 15) is 18.3 Å². The predicted octanol–water partition coefficient (Wildman–Crippen LogP) is -1.13. The van der Waals surface area contributed by atoms with Crippen molar-refractivity contribution in [3.63, 3.8) is 0 Å². The molecule has 0 rings (SSSR count). The lowest BCUT2D eigenvalue weighted by Crippen LogP contribution is -2.35. The van der Waals surface area contributed by atoms with Crippen molar-refractivity contribution in [2.75, 3.05) is 33.1 Å². The molecular weight excluding hydrogens is 250 g/mol. The van der Waals surface area contributed by atoms with E-state index in [1.807, 2.05) is 0 Å². The van der Waals surface area contributed by atoms with Gasteiger partial charge in [0.05, 0.1) is 25.6 Å². The summed E-state index contributed by atoms with van der Waals surface area (Å²) in [6.45, 7) is -0.0426. The number of carbonyl (C=O) groups excluding carboxylic acids is 1. The van der Waals surface area contributed by atoms with E-state index in [2.05, 4.69) is 14.2 Å². The van der Waals surface area contributed by atoms with Gasteiger partial charge in [-0.05, 0) is 6.42 Å². The molecule has 0 saturated carbocycles. The van der Waals surface area contributed by atoms with Crippen molar-refractivity contribution in [1.82, 2.24) is 4.72 Å². The highest BCUT2D eigenvalue weighted by Gasteiger charge is 2.13. The molecule has 102 valence electrons. The van der Waals surface area contributed by atoms with Crippen LogP contribution in [0, 0.1) is 0 Å². The zero-order chi connectivity index (χ0) is 13.3. The second kappa shape index (κ2) is 8.40. The Labute approximate surface area is 101 Å². The van der Waals surface area contributed by atoms with Crippen LogP contribution in [0.1, 0.15) is 12.8 Å². The SMILES string of the molecule is COCC(O)CNS(=O)(=O)CCCC(=O)OC. The van der Waals surface area contributed by atoms with Crippen molar-refractivity contribution in [2.24, 2.45) is 0 Å². The van der Waals surface area contributed by atoms with Crippen LogP contribution in [-0.2, 0) is 24.3 Å². The summed E-state index contributed by atoms with van der Waals surface area (Å²) >= 11 is 0. The molecule has 0 bridgehead atoms. The number of hydrogen-bond acceptors (Lipinski definition) is 6. The molecule has 0 aromatic heterocycles. The molecule has 7 nitrogen and oxygen atoms in total. The summed E-state index contributed by atoms with van der Waals surface area (Å²) < 4.78 is 34.0. The molecule has 1 atom stereocenters. The third kappa shape index (κ3) is 9.04. The Hall–Kier alpha value is -0.700. The number of sulfonamides is 1. The summed E-state index contributed by atoms with van der Waals surface area (Å²) in [7, 11) is -0.815. The van der Waals surface area contributed by atoms with Gasteiger partial charge in [0, 0.05) is 20.1 Å². The molecule has 1 unspecified atom stereocenters. The number of ether oxygens (including phenoxy) is 2. The van der Waals surface area contributed by atoms with Gasteiger partial charge in [-0.15, -0.1) is 0 Å². The average molecular weight is 269 g/mol. The average Bonchev–Trinajstić information content (AvgIpc) is 2.26. The number of methoxy groups -OCH3 is 2. The minimum atomic E-state index is -3.47. The van der Waals surface area contributed by atoms with Crippen LogP contribution in [0.2, 0.25) is 0 Å². The fourth-order valence-corrected chi connectivity index (χ4v) is 2.17. The second-order valence-corrected chi connectivity index (χ2v) is 5.38. The first kappa shape index (κ1) is 16.3. The van der Waals surface area contributed by atoms with Gasteiger partial charge in [0.1, 0.15) is 0 Å². The molecule has 0 aliphatic carbocycles. The third-order valence-electron chi connectivity index (χ3n) is 1.92. The molecule has 0 saturated heterocycles. The van der Waals surface area contributed by atoms with Gasteiger partial charge < -0.3 is 14.6 Å². The largest absolute Gasteiger partial charge is 0.469 e. The van der Waals surface area contributed by atoms with Crippen molar-refractivity contribution in [3.8, 4) is 0 Å². The smallest absolute Gasteiger partial charge is 0.305 e. The van der Waals surface area contributed by atoms with E-state index in [4.69, 9.17) is 0 Å². The fourth-order valence-electron chi connectivity index (χ4n) is 1.06. The molecule has 0 amide bonds. The van der Waals surface area contributed by atoms with Gasteiger partial charge in [-0.25, -0.2) is 13.1 Å². The minimum absolute atomic E-state index is 0.0536. The van der Waals surface area contributed by atoms with Gasteiger partial charge in [-0.2, -0.15) is 0 Å². The van der Waals surface area contributed by atoms with E-state index < -0.39 is 22.1 Å². The van der Waals surface area contributed by atoms with Gasteiger partial charge in [-0.1, -0.05) is 0 Å². The highest BCUT2D eigenvalue weighted by Crippen LogP contribution is 1.96. The molecule has 0 spiro atoms. The van der Waals surface area contributed by atoms with Crippen LogP contribution in [-0.4, -0.2) is 58.7 Å². The maximum absolute atomic E-state index is 11.4. The number of hydrogen-bond donors (Lipinski definition) is 2. The van der Waals surface area contributed by atoms with E-state index in [0.717, 1.165) is 0 Å². The van der Waals surface area contributed by atoms with Crippen LogP contribution in [0.25, 0.3) is 0 Å². The lowest BCUT2D eigenvalue weighted by molar-refractivity contribution is -0.140. The zero-order valence-electron chi connectivity index (χ0n) is 10.0. The lowest BCUT2D eigenvalue weighted by atomic mass is 10.3. The van der Waals surface area contributed by atoms with Crippen LogP contribution in [0.3, 0.4) is 0 Å². The molecule has 17 heavy (non-hydrogen) atoms. The fraction of sp³-hybridized carbons (Fsp3) is 0.889. The normalized spacial score (nSPS) is 13.4. The Morgan fingerprint density at radius 3 is 2.59 bits per heavy atom. The first-order chi connectivity index (χ1) is 7.91. The van der Waals surface area contributed by atoms with Crippen LogP contribution in [0.5, 0.6) is 0 Å². The Bertz CT molecular complexity index is 315. The molecule has 0 aromatic rings. The summed E-state index contributed by atoms with van der Waals surface area (Å²) in [6, 6.07) is 0. The molecule has 0 aromatic carbocycles. The standard InChI is InChI=1S/C9H19NO6S/c1-15-7-8(11)6-10-17(13,14)5-3-4-9(12)16-2/h8,10-11H,3-7H2,1-2H3. The molecule has 0 fully saturated rings. The summed E-state index contributed by atoms with van der Waals surface area (Å²) in [4.78, 5) is 10.8. The summed E-state index contributed by atoms with van der Waals surface area (Å²) in [5.74, 6) is -0.624. The van der Waals surface area contributed by atoms with Crippen molar-refractivity contribution >= 4 is 16.0 Å². The van der Waals surface area contributed by atoms with Gasteiger partial charge in [-0.3, -0.25) is 4.79 Å². The Balaban J connectivity index is 3.84. The molecule has 0 aliphatic heterocycles. The summed E-state index contributed by atoms with van der Waals surface area (Å²) in [6.07, 6.45) is -0.643. The van der Waals surface area contributed by atoms with Crippen molar-refractivity contribution in [3.05, 3.63) is 0 Å². The number of esters is 1. The van der Waals surface area contributed by atoms with Gasteiger partial charge >= 0.3 is 5.97 Å². The second-order valence-electron chi connectivity index (χ2n) is 3.46.